The fraction of sp³-hybridized carbons (Fsp3) is 0.333. The Morgan fingerprint density at radius 1 is 1.32 bits per heavy atom. The van der Waals surface area contributed by atoms with Crippen LogP contribution in [0.4, 0.5) is 5.69 Å². The summed E-state index contributed by atoms with van der Waals surface area (Å²) in [6.45, 7) is 0. The fourth-order valence-corrected chi connectivity index (χ4v) is 2.38. The summed E-state index contributed by atoms with van der Waals surface area (Å²) in [5, 5.41) is 12.0. The van der Waals surface area contributed by atoms with Crippen LogP contribution < -0.4 is 10.1 Å². The van der Waals surface area contributed by atoms with Gasteiger partial charge in [0.1, 0.15) is 5.41 Å². The van der Waals surface area contributed by atoms with Gasteiger partial charge in [-0.1, -0.05) is 23.2 Å². The first-order valence-corrected chi connectivity index (χ1v) is 6.24. The number of nitrogens with one attached hydrogen (secondary N) is 1. The van der Waals surface area contributed by atoms with Crippen molar-refractivity contribution in [1.29, 1.82) is 0 Å². The van der Waals surface area contributed by atoms with Crippen molar-refractivity contribution < 1.29 is 19.4 Å². The molecule has 1 amide bonds. The molecule has 1 aromatic carbocycles. The molecule has 1 aliphatic carbocycles. The van der Waals surface area contributed by atoms with Crippen LogP contribution in [-0.4, -0.2) is 24.1 Å². The van der Waals surface area contributed by atoms with Crippen LogP contribution in [0.25, 0.3) is 0 Å². The number of amides is 1. The lowest BCUT2D eigenvalue weighted by Crippen LogP contribution is -2.31. The van der Waals surface area contributed by atoms with Gasteiger partial charge in [0.15, 0.2) is 5.75 Å². The zero-order chi connectivity index (χ0) is 14.2. The first-order chi connectivity index (χ1) is 8.90. The van der Waals surface area contributed by atoms with Crippen molar-refractivity contribution in [1.82, 2.24) is 0 Å². The molecule has 0 atom stereocenters. The largest absolute Gasteiger partial charge is 0.494 e. The van der Waals surface area contributed by atoms with E-state index in [4.69, 9.17) is 33.0 Å². The van der Waals surface area contributed by atoms with Gasteiger partial charge in [-0.05, 0) is 25.0 Å². The molecular formula is C12H11Cl2NO4. The Bertz CT molecular complexity index is 532. The molecule has 102 valence electrons. The van der Waals surface area contributed by atoms with Gasteiger partial charge in [-0.3, -0.25) is 9.59 Å². The summed E-state index contributed by atoms with van der Waals surface area (Å²) in [4.78, 5) is 22.9. The Morgan fingerprint density at radius 2 is 1.84 bits per heavy atom. The van der Waals surface area contributed by atoms with Crippen LogP contribution in [0.15, 0.2) is 12.1 Å². The number of carbonyl (C=O) groups is 2. The van der Waals surface area contributed by atoms with Crippen LogP contribution in [0.2, 0.25) is 10.0 Å². The molecule has 2 N–H and O–H groups in total. The number of halogens is 2. The highest BCUT2D eigenvalue weighted by atomic mass is 35.5. The molecule has 1 saturated carbocycles. The van der Waals surface area contributed by atoms with Crippen molar-refractivity contribution in [3.63, 3.8) is 0 Å². The smallest absolute Gasteiger partial charge is 0.319 e. The molecule has 5 nitrogen and oxygen atoms in total. The van der Waals surface area contributed by atoms with Crippen LogP contribution in [0, 0.1) is 5.41 Å². The Labute approximate surface area is 119 Å². The first kappa shape index (κ1) is 14.0. The molecule has 0 heterocycles. The second kappa shape index (κ2) is 4.90. The van der Waals surface area contributed by atoms with Crippen molar-refractivity contribution in [2.45, 2.75) is 12.8 Å². The van der Waals surface area contributed by atoms with Crippen molar-refractivity contribution in [2.24, 2.45) is 5.41 Å². The molecule has 0 saturated heterocycles. The molecule has 0 radical (unpaired) electrons. The van der Waals surface area contributed by atoms with Gasteiger partial charge in [0.2, 0.25) is 5.91 Å². The molecule has 19 heavy (non-hydrogen) atoms. The summed E-state index contributed by atoms with van der Waals surface area (Å²) < 4.78 is 4.98. The second-order valence-corrected chi connectivity index (χ2v) is 5.13. The molecule has 1 aromatic rings. The number of rotatable bonds is 4. The van der Waals surface area contributed by atoms with Crippen molar-refractivity contribution >= 4 is 40.8 Å². The number of hydrogen-bond donors (Lipinski definition) is 2. The van der Waals surface area contributed by atoms with Crippen LogP contribution in [0.1, 0.15) is 12.8 Å². The predicted molar refractivity (Wildman–Crippen MR) is 70.9 cm³/mol. The van der Waals surface area contributed by atoms with Gasteiger partial charge < -0.3 is 15.2 Å². The van der Waals surface area contributed by atoms with E-state index < -0.39 is 17.3 Å². The highest BCUT2D eigenvalue weighted by molar-refractivity contribution is 6.37. The summed E-state index contributed by atoms with van der Waals surface area (Å²) in [5.41, 5.74) is -0.966. The summed E-state index contributed by atoms with van der Waals surface area (Å²) in [6, 6.07) is 2.92. The van der Waals surface area contributed by atoms with Gasteiger partial charge >= 0.3 is 5.97 Å². The average Bonchev–Trinajstić information content (AvgIpc) is 3.09. The Morgan fingerprint density at radius 3 is 2.21 bits per heavy atom. The number of carbonyl (C=O) groups excluding carboxylic acids is 1. The minimum absolute atomic E-state index is 0.241. The van der Waals surface area contributed by atoms with E-state index in [1.54, 1.807) is 0 Å². The summed E-state index contributed by atoms with van der Waals surface area (Å²) in [5.74, 6) is -1.37. The number of anilines is 1. The molecule has 1 aliphatic rings. The van der Waals surface area contributed by atoms with E-state index in [2.05, 4.69) is 5.32 Å². The van der Waals surface area contributed by atoms with Crippen molar-refractivity contribution in [2.75, 3.05) is 12.4 Å². The lowest BCUT2D eigenvalue weighted by Gasteiger charge is -2.13. The summed E-state index contributed by atoms with van der Waals surface area (Å²) in [7, 11) is 1.43. The molecule has 0 aromatic heterocycles. The standard InChI is InChI=1S/C12H11Cl2NO4/c1-19-9-7(13)4-6(5-8(9)14)15-10(16)12(2-3-12)11(17)18/h4-5H,2-3H2,1H3,(H,15,16)(H,17,18). The zero-order valence-corrected chi connectivity index (χ0v) is 11.5. The Hall–Kier alpha value is -1.46. The zero-order valence-electron chi connectivity index (χ0n) is 10.00. The van der Waals surface area contributed by atoms with Gasteiger partial charge in [0, 0.05) is 5.69 Å². The maximum Gasteiger partial charge on any atom is 0.319 e. The van der Waals surface area contributed by atoms with Gasteiger partial charge in [-0.2, -0.15) is 0 Å². The van der Waals surface area contributed by atoms with Gasteiger partial charge in [0.05, 0.1) is 17.2 Å². The topological polar surface area (TPSA) is 75.6 Å². The number of aliphatic carboxylic acids is 1. The lowest BCUT2D eigenvalue weighted by atomic mass is 10.1. The Kier molecular flexibility index (Phi) is 3.60. The maximum absolute atomic E-state index is 11.9. The molecule has 7 heteroatoms. The normalized spacial score (nSPS) is 15.7. The highest BCUT2D eigenvalue weighted by Crippen LogP contribution is 2.47. The van der Waals surface area contributed by atoms with Gasteiger partial charge in [-0.15, -0.1) is 0 Å². The first-order valence-electron chi connectivity index (χ1n) is 5.48. The molecule has 2 rings (SSSR count). The van der Waals surface area contributed by atoms with E-state index in [0.29, 0.717) is 24.3 Å². The van der Waals surface area contributed by atoms with Crippen LogP contribution in [-0.2, 0) is 9.59 Å². The molecule has 0 spiro atoms. The third-order valence-corrected chi connectivity index (χ3v) is 3.62. The number of benzene rings is 1. The summed E-state index contributed by atoms with van der Waals surface area (Å²) >= 11 is 11.9. The maximum atomic E-state index is 11.9. The van der Waals surface area contributed by atoms with Crippen molar-refractivity contribution in [3.8, 4) is 5.75 Å². The molecule has 0 unspecified atom stereocenters. The average molecular weight is 304 g/mol. The molecule has 0 aliphatic heterocycles. The quantitative estimate of drug-likeness (QED) is 0.839. The van der Waals surface area contributed by atoms with Crippen LogP contribution >= 0.6 is 23.2 Å². The number of methoxy groups -OCH3 is 1. The minimum Gasteiger partial charge on any atom is -0.494 e. The fourth-order valence-electron chi connectivity index (χ4n) is 1.74. The number of carboxylic acid groups (broad SMARTS) is 1. The van der Waals surface area contributed by atoms with E-state index in [0.717, 1.165) is 0 Å². The van der Waals surface area contributed by atoms with Gasteiger partial charge in [-0.25, -0.2) is 0 Å². The number of ether oxygens (including phenoxy) is 1. The van der Waals surface area contributed by atoms with E-state index in [-0.39, 0.29) is 10.0 Å². The minimum atomic E-state index is -1.31. The van der Waals surface area contributed by atoms with E-state index in [9.17, 15) is 9.59 Å². The van der Waals surface area contributed by atoms with Crippen LogP contribution in [0.5, 0.6) is 5.75 Å². The Balaban J connectivity index is 2.21. The SMILES string of the molecule is COc1c(Cl)cc(NC(=O)C2(C(=O)O)CC2)cc1Cl. The van der Waals surface area contributed by atoms with E-state index >= 15 is 0 Å². The second-order valence-electron chi connectivity index (χ2n) is 4.31. The van der Waals surface area contributed by atoms with Crippen molar-refractivity contribution in [3.05, 3.63) is 22.2 Å². The molecular weight excluding hydrogens is 293 g/mol. The molecule has 0 bridgehead atoms. The third-order valence-electron chi connectivity index (χ3n) is 3.05. The predicted octanol–water partition coefficient (Wildman–Crippen LogP) is 2.81. The molecule has 1 fully saturated rings. The van der Waals surface area contributed by atoms with E-state index in [1.165, 1.54) is 19.2 Å². The number of hydrogen-bond acceptors (Lipinski definition) is 3. The number of carboxylic acids is 1. The third kappa shape index (κ3) is 2.48. The lowest BCUT2D eigenvalue weighted by molar-refractivity contribution is -0.147. The van der Waals surface area contributed by atoms with Crippen LogP contribution in [0.3, 0.4) is 0 Å². The van der Waals surface area contributed by atoms with Gasteiger partial charge in [0.25, 0.3) is 0 Å². The van der Waals surface area contributed by atoms with E-state index in [1.807, 2.05) is 0 Å². The highest BCUT2D eigenvalue weighted by Gasteiger charge is 2.57. The monoisotopic (exact) mass is 303 g/mol. The summed E-state index contributed by atoms with van der Waals surface area (Å²) in [6.07, 6.45) is 0.678.